The molecule has 2 amide bonds. The first kappa shape index (κ1) is 17.8. The minimum Gasteiger partial charge on any atom is -0.462 e. The fourth-order valence-electron chi connectivity index (χ4n) is 3.76. The van der Waals surface area contributed by atoms with E-state index in [0.717, 1.165) is 31.4 Å². The van der Waals surface area contributed by atoms with Gasteiger partial charge in [-0.05, 0) is 50.8 Å². The van der Waals surface area contributed by atoms with Gasteiger partial charge >= 0.3 is 0 Å². The number of nitrogens with zero attached hydrogens (tertiary/aromatic N) is 1. The summed E-state index contributed by atoms with van der Waals surface area (Å²) in [7, 11) is 0. The van der Waals surface area contributed by atoms with Crippen molar-refractivity contribution in [3.05, 3.63) is 29.7 Å². The average molecular weight is 344 g/mol. The van der Waals surface area contributed by atoms with Crippen LogP contribution in [-0.2, 0) is 9.59 Å². The summed E-state index contributed by atoms with van der Waals surface area (Å²) in [5, 5.41) is 3.20. The van der Waals surface area contributed by atoms with Gasteiger partial charge in [0.1, 0.15) is 11.5 Å². The summed E-state index contributed by atoms with van der Waals surface area (Å²) in [6.45, 7) is 3.10. The van der Waals surface area contributed by atoms with Crippen molar-refractivity contribution in [2.75, 3.05) is 13.1 Å². The van der Waals surface area contributed by atoms with E-state index in [9.17, 15) is 9.59 Å². The predicted molar refractivity (Wildman–Crippen MR) is 96.8 cm³/mol. The number of likely N-dealkylation sites (tertiary alicyclic amines) is 1. The molecule has 1 aromatic rings. The van der Waals surface area contributed by atoms with Crippen molar-refractivity contribution in [1.82, 2.24) is 10.2 Å². The predicted octanol–water partition coefficient (Wildman–Crippen LogP) is 3.29. The number of carbonyl (C=O) groups is 2. The third-order valence-electron chi connectivity index (χ3n) is 5.21. The number of amides is 2. The Kier molecular flexibility index (Phi) is 5.95. The van der Waals surface area contributed by atoms with Gasteiger partial charge in [0.2, 0.25) is 11.8 Å². The summed E-state index contributed by atoms with van der Waals surface area (Å²) in [4.78, 5) is 26.7. The van der Waals surface area contributed by atoms with E-state index in [0.29, 0.717) is 24.9 Å². The summed E-state index contributed by atoms with van der Waals surface area (Å²) in [5.41, 5.74) is 0. The van der Waals surface area contributed by atoms with Crippen molar-refractivity contribution in [3.8, 4) is 0 Å². The highest BCUT2D eigenvalue weighted by atomic mass is 16.3. The third-order valence-corrected chi connectivity index (χ3v) is 5.21. The molecule has 5 nitrogen and oxygen atoms in total. The number of carbonyl (C=O) groups excluding carboxylic acids is 2. The summed E-state index contributed by atoms with van der Waals surface area (Å²) < 4.78 is 5.44. The fourth-order valence-corrected chi connectivity index (χ4v) is 3.76. The zero-order valence-electron chi connectivity index (χ0n) is 15.0. The second-order valence-corrected chi connectivity index (χ2v) is 7.25. The lowest BCUT2D eigenvalue weighted by molar-refractivity contribution is -0.132. The van der Waals surface area contributed by atoms with E-state index in [1.807, 2.05) is 19.1 Å². The molecule has 3 rings (SSSR count). The Labute approximate surface area is 149 Å². The van der Waals surface area contributed by atoms with Crippen LogP contribution < -0.4 is 5.32 Å². The van der Waals surface area contributed by atoms with Crippen molar-refractivity contribution in [1.29, 1.82) is 0 Å². The summed E-state index contributed by atoms with van der Waals surface area (Å²) in [5.74, 6) is 1.48. The first-order valence-corrected chi connectivity index (χ1v) is 9.45. The van der Waals surface area contributed by atoms with Crippen molar-refractivity contribution >= 4 is 17.9 Å². The SMILES string of the molecule is Cc1ccc(/C=C\C(=O)N2CCC[C@@H](C(=O)NC3CCCCC3)C2)o1. The lowest BCUT2D eigenvalue weighted by atomic mass is 9.93. The molecule has 1 saturated heterocycles. The van der Waals surface area contributed by atoms with Gasteiger partial charge in [0.25, 0.3) is 0 Å². The van der Waals surface area contributed by atoms with Crippen LogP contribution in [0.25, 0.3) is 6.08 Å². The Hall–Kier alpha value is -2.04. The number of piperidine rings is 1. The Balaban J connectivity index is 1.52. The van der Waals surface area contributed by atoms with Gasteiger partial charge in [-0.2, -0.15) is 0 Å². The van der Waals surface area contributed by atoms with Crippen LogP contribution in [0.3, 0.4) is 0 Å². The topological polar surface area (TPSA) is 62.6 Å². The maximum Gasteiger partial charge on any atom is 0.246 e. The van der Waals surface area contributed by atoms with Crippen LogP contribution in [0, 0.1) is 12.8 Å². The summed E-state index contributed by atoms with van der Waals surface area (Å²) in [6.07, 6.45) is 10.8. The van der Waals surface area contributed by atoms with Gasteiger partial charge in [-0.15, -0.1) is 0 Å². The van der Waals surface area contributed by atoms with E-state index >= 15 is 0 Å². The number of furan rings is 1. The molecule has 1 aliphatic carbocycles. The Bertz CT molecular complexity index is 629. The van der Waals surface area contributed by atoms with E-state index in [1.165, 1.54) is 19.3 Å². The average Bonchev–Trinajstić information content (AvgIpc) is 3.06. The summed E-state index contributed by atoms with van der Waals surface area (Å²) >= 11 is 0. The molecule has 1 aromatic heterocycles. The van der Waals surface area contributed by atoms with Crippen molar-refractivity contribution in [2.45, 2.75) is 57.9 Å². The molecule has 0 aromatic carbocycles. The van der Waals surface area contributed by atoms with Crippen LogP contribution in [0.1, 0.15) is 56.5 Å². The Morgan fingerprint density at radius 1 is 1.16 bits per heavy atom. The van der Waals surface area contributed by atoms with Crippen molar-refractivity contribution < 1.29 is 14.0 Å². The molecule has 0 bridgehead atoms. The highest BCUT2D eigenvalue weighted by molar-refractivity contribution is 5.92. The second-order valence-electron chi connectivity index (χ2n) is 7.25. The van der Waals surface area contributed by atoms with Crippen LogP contribution in [0.5, 0.6) is 0 Å². The molecule has 1 N–H and O–H groups in total. The van der Waals surface area contributed by atoms with Gasteiger partial charge in [-0.1, -0.05) is 19.3 Å². The van der Waals surface area contributed by atoms with Crippen LogP contribution in [0.15, 0.2) is 22.6 Å². The van der Waals surface area contributed by atoms with Gasteiger partial charge in [0.15, 0.2) is 0 Å². The number of hydrogen-bond acceptors (Lipinski definition) is 3. The summed E-state index contributed by atoms with van der Waals surface area (Å²) in [6, 6.07) is 4.04. The molecule has 136 valence electrons. The zero-order valence-corrected chi connectivity index (χ0v) is 15.0. The molecule has 5 heteroatoms. The third kappa shape index (κ3) is 4.97. The minimum atomic E-state index is -0.0844. The Morgan fingerprint density at radius 2 is 1.96 bits per heavy atom. The van der Waals surface area contributed by atoms with Crippen molar-refractivity contribution in [2.24, 2.45) is 5.92 Å². The van der Waals surface area contributed by atoms with Gasteiger partial charge < -0.3 is 14.6 Å². The molecule has 1 aliphatic heterocycles. The van der Waals surface area contributed by atoms with E-state index in [4.69, 9.17) is 4.42 Å². The maximum atomic E-state index is 12.5. The molecule has 2 aliphatic rings. The van der Waals surface area contributed by atoms with Crippen LogP contribution >= 0.6 is 0 Å². The molecule has 25 heavy (non-hydrogen) atoms. The number of hydrogen-bond donors (Lipinski definition) is 1. The quantitative estimate of drug-likeness (QED) is 0.853. The first-order valence-electron chi connectivity index (χ1n) is 9.45. The fraction of sp³-hybridized carbons (Fsp3) is 0.600. The first-order chi connectivity index (χ1) is 12.1. The highest BCUT2D eigenvalue weighted by Crippen LogP contribution is 2.21. The molecular weight excluding hydrogens is 316 g/mol. The molecular formula is C20H28N2O3. The molecule has 1 saturated carbocycles. The monoisotopic (exact) mass is 344 g/mol. The minimum absolute atomic E-state index is 0.0516. The number of rotatable bonds is 4. The van der Waals surface area contributed by atoms with Crippen molar-refractivity contribution in [3.63, 3.8) is 0 Å². The maximum absolute atomic E-state index is 12.5. The van der Waals surface area contributed by atoms with Gasteiger partial charge in [-0.25, -0.2) is 0 Å². The smallest absolute Gasteiger partial charge is 0.246 e. The number of aryl methyl sites for hydroxylation is 1. The van der Waals surface area contributed by atoms with E-state index < -0.39 is 0 Å². The molecule has 0 spiro atoms. The standard InChI is InChI=1S/C20H28N2O3/c1-15-9-10-18(25-15)11-12-19(23)22-13-5-6-16(14-22)20(24)21-17-7-3-2-4-8-17/h9-12,16-17H,2-8,13-14H2,1H3,(H,21,24)/b12-11-/t16-/m1/s1. The lowest BCUT2D eigenvalue weighted by Gasteiger charge is -2.33. The largest absolute Gasteiger partial charge is 0.462 e. The molecule has 0 radical (unpaired) electrons. The van der Waals surface area contributed by atoms with Crippen LogP contribution in [0.2, 0.25) is 0 Å². The molecule has 2 fully saturated rings. The van der Waals surface area contributed by atoms with E-state index in [2.05, 4.69) is 5.32 Å². The highest BCUT2D eigenvalue weighted by Gasteiger charge is 2.29. The van der Waals surface area contributed by atoms with E-state index in [-0.39, 0.29) is 17.7 Å². The molecule has 2 heterocycles. The zero-order chi connectivity index (χ0) is 17.6. The van der Waals surface area contributed by atoms with Crippen LogP contribution in [-0.4, -0.2) is 35.8 Å². The lowest BCUT2D eigenvalue weighted by Crippen LogP contribution is -2.47. The van der Waals surface area contributed by atoms with E-state index in [1.54, 1.807) is 17.1 Å². The van der Waals surface area contributed by atoms with Crippen LogP contribution in [0.4, 0.5) is 0 Å². The van der Waals surface area contributed by atoms with Gasteiger partial charge in [-0.3, -0.25) is 9.59 Å². The Morgan fingerprint density at radius 3 is 2.68 bits per heavy atom. The molecule has 0 unspecified atom stereocenters. The van der Waals surface area contributed by atoms with Gasteiger partial charge in [0.05, 0.1) is 5.92 Å². The molecule has 1 atom stereocenters. The second kappa shape index (κ2) is 8.37. The van der Waals surface area contributed by atoms with Gasteiger partial charge in [0, 0.05) is 25.2 Å². The normalized spacial score (nSPS) is 22.3. The number of nitrogens with one attached hydrogen (secondary N) is 1.